The first-order chi connectivity index (χ1) is 11.5. The third-order valence-corrected chi connectivity index (χ3v) is 5.58. The molecule has 1 amide bonds. The molecule has 0 spiro atoms. The van der Waals surface area contributed by atoms with Crippen LogP contribution in [0.2, 0.25) is 0 Å². The highest BCUT2D eigenvalue weighted by molar-refractivity contribution is 5.73. The first kappa shape index (κ1) is 17.4. The Kier molecular flexibility index (Phi) is 5.57. The van der Waals surface area contributed by atoms with Crippen molar-refractivity contribution in [3.8, 4) is 0 Å². The van der Waals surface area contributed by atoms with Crippen molar-refractivity contribution in [3.63, 3.8) is 0 Å². The quantitative estimate of drug-likeness (QED) is 0.852. The van der Waals surface area contributed by atoms with E-state index in [-0.39, 0.29) is 5.91 Å². The highest BCUT2D eigenvalue weighted by Crippen LogP contribution is 2.24. The average molecular weight is 329 g/mol. The lowest BCUT2D eigenvalue weighted by molar-refractivity contribution is -0.128. The number of rotatable bonds is 3. The number of carbonyl (C=O) groups is 1. The van der Waals surface area contributed by atoms with Gasteiger partial charge in [-0.3, -0.25) is 14.6 Å². The molecule has 2 fully saturated rings. The molecule has 0 N–H and O–H groups in total. The predicted octanol–water partition coefficient (Wildman–Crippen LogP) is 2.37. The minimum absolute atomic E-state index is 0.220. The molecule has 24 heavy (non-hydrogen) atoms. The van der Waals surface area contributed by atoms with Crippen LogP contribution in [0.25, 0.3) is 0 Å². The molecular formula is C20H31N3O. The second kappa shape index (κ2) is 7.66. The summed E-state index contributed by atoms with van der Waals surface area (Å²) in [6.45, 7) is 13.6. The number of aryl methyl sites for hydroxylation is 1. The SMILES string of the molecule is CC(=O)N1CCCN(C2CN(Cc3cccc(C)c3)CC2C)CC1. The third kappa shape index (κ3) is 4.17. The summed E-state index contributed by atoms with van der Waals surface area (Å²) < 4.78 is 0. The van der Waals surface area contributed by atoms with Crippen molar-refractivity contribution >= 4 is 5.91 Å². The summed E-state index contributed by atoms with van der Waals surface area (Å²) >= 11 is 0. The Hall–Kier alpha value is -1.39. The molecule has 1 aromatic rings. The van der Waals surface area contributed by atoms with E-state index in [9.17, 15) is 4.79 Å². The molecule has 0 radical (unpaired) electrons. The average Bonchev–Trinajstić information content (AvgIpc) is 2.74. The molecule has 4 nitrogen and oxygen atoms in total. The smallest absolute Gasteiger partial charge is 0.219 e. The van der Waals surface area contributed by atoms with Crippen LogP contribution in [0.1, 0.15) is 31.4 Å². The van der Waals surface area contributed by atoms with Crippen molar-refractivity contribution < 1.29 is 4.79 Å². The molecule has 2 saturated heterocycles. The van der Waals surface area contributed by atoms with Crippen molar-refractivity contribution in [2.24, 2.45) is 5.92 Å². The first-order valence-corrected chi connectivity index (χ1v) is 9.30. The fourth-order valence-corrected chi connectivity index (χ4v) is 4.31. The zero-order chi connectivity index (χ0) is 17.1. The van der Waals surface area contributed by atoms with Gasteiger partial charge in [-0.2, -0.15) is 0 Å². The molecule has 0 aromatic heterocycles. The molecule has 2 aliphatic rings. The highest BCUT2D eigenvalue weighted by Gasteiger charge is 2.34. The minimum Gasteiger partial charge on any atom is -0.342 e. The molecule has 0 bridgehead atoms. The zero-order valence-corrected chi connectivity index (χ0v) is 15.4. The van der Waals surface area contributed by atoms with Gasteiger partial charge < -0.3 is 4.90 Å². The molecule has 2 aliphatic heterocycles. The number of nitrogens with zero attached hydrogens (tertiary/aromatic N) is 3. The van der Waals surface area contributed by atoms with Crippen LogP contribution in [-0.4, -0.2) is 65.9 Å². The van der Waals surface area contributed by atoms with Gasteiger partial charge in [0.25, 0.3) is 0 Å². The minimum atomic E-state index is 0.220. The number of likely N-dealkylation sites (tertiary alicyclic amines) is 1. The van der Waals surface area contributed by atoms with Gasteiger partial charge in [-0.1, -0.05) is 36.8 Å². The Bertz CT molecular complexity index is 574. The summed E-state index contributed by atoms with van der Waals surface area (Å²) in [6, 6.07) is 9.49. The molecule has 2 heterocycles. The maximum absolute atomic E-state index is 11.6. The summed E-state index contributed by atoms with van der Waals surface area (Å²) in [6.07, 6.45) is 1.10. The maximum Gasteiger partial charge on any atom is 0.219 e. The fourth-order valence-electron chi connectivity index (χ4n) is 4.31. The van der Waals surface area contributed by atoms with Crippen LogP contribution in [-0.2, 0) is 11.3 Å². The second-order valence-electron chi connectivity index (χ2n) is 7.62. The molecule has 2 unspecified atom stereocenters. The number of hydrogen-bond acceptors (Lipinski definition) is 3. The lowest BCUT2D eigenvalue weighted by Crippen LogP contribution is -2.42. The number of amides is 1. The lowest BCUT2D eigenvalue weighted by Gasteiger charge is -2.30. The van der Waals surface area contributed by atoms with Gasteiger partial charge in [0.2, 0.25) is 5.91 Å². The monoisotopic (exact) mass is 329 g/mol. The van der Waals surface area contributed by atoms with Crippen molar-refractivity contribution in [1.82, 2.24) is 14.7 Å². The van der Waals surface area contributed by atoms with Crippen LogP contribution in [0, 0.1) is 12.8 Å². The van der Waals surface area contributed by atoms with Gasteiger partial charge in [0.15, 0.2) is 0 Å². The van der Waals surface area contributed by atoms with Gasteiger partial charge in [0.1, 0.15) is 0 Å². The van der Waals surface area contributed by atoms with E-state index in [4.69, 9.17) is 0 Å². The Balaban J connectivity index is 1.58. The summed E-state index contributed by atoms with van der Waals surface area (Å²) in [4.78, 5) is 18.9. The summed E-state index contributed by atoms with van der Waals surface area (Å²) in [5, 5.41) is 0. The Morgan fingerprint density at radius 2 is 2.00 bits per heavy atom. The molecule has 2 atom stereocenters. The van der Waals surface area contributed by atoms with E-state index in [1.807, 2.05) is 4.90 Å². The van der Waals surface area contributed by atoms with Crippen LogP contribution in [0.4, 0.5) is 0 Å². The Morgan fingerprint density at radius 3 is 2.75 bits per heavy atom. The zero-order valence-electron chi connectivity index (χ0n) is 15.4. The lowest BCUT2D eigenvalue weighted by atomic mass is 10.0. The number of carbonyl (C=O) groups excluding carboxylic acids is 1. The third-order valence-electron chi connectivity index (χ3n) is 5.58. The largest absolute Gasteiger partial charge is 0.342 e. The highest BCUT2D eigenvalue weighted by atomic mass is 16.2. The molecule has 0 saturated carbocycles. The van der Waals surface area contributed by atoms with Gasteiger partial charge in [0.05, 0.1) is 0 Å². The van der Waals surface area contributed by atoms with Gasteiger partial charge in [-0.25, -0.2) is 0 Å². The predicted molar refractivity (Wildman–Crippen MR) is 97.9 cm³/mol. The van der Waals surface area contributed by atoms with Crippen molar-refractivity contribution in [1.29, 1.82) is 0 Å². The first-order valence-electron chi connectivity index (χ1n) is 9.30. The molecular weight excluding hydrogens is 298 g/mol. The van der Waals surface area contributed by atoms with Crippen LogP contribution in [0.3, 0.4) is 0 Å². The summed E-state index contributed by atoms with van der Waals surface area (Å²) in [7, 11) is 0. The maximum atomic E-state index is 11.6. The van der Waals surface area contributed by atoms with E-state index in [1.54, 1.807) is 6.92 Å². The van der Waals surface area contributed by atoms with E-state index in [0.717, 1.165) is 45.7 Å². The van der Waals surface area contributed by atoms with Crippen LogP contribution < -0.4 is 0 Å². The standard InChI is InChI=1S/C20H31N3O/c1-16-6-4-7-19(12-16)14-21-13-17(2)20(15-21)23-9-5-8-22(10-11-23)18(3)24/h4,6-7,12,17,20H,5,8-11,13-15H2,1-3H3. The second-order valence-corrected chi connectivity index (χ2v) is 7.62. The van der Waals surface area contributed by atoms with Crippen molar-refractivity contribution in [2.45, 2.75) is 39.8 Å². The van der Waals surface area contributed by atoms with Crippen molar-refractivity contribution in [2.75, 3.05) is 39.3 Å². The van der Waals surface area contributed by atoms with Crippen LogP contribution in [0.15, 0.2) is 24.3 Å². The van der Waals surface area contributed by atoms with E-state index in [2.05, 4.69) is 47.9 Å². The molecule has 1 aromatic carbocycles. The molecule has 0 aliphatic carbocycles. The Labute approximate surface area is 146 Å². The van der Waals surface area contributed by atoms with E-state index in [1.165, 1.54) is 17.7 Å². The van der Waals surface area contributed by atoms with Crippen molar-refractivity contribution in [3.05, 3.63) is 35.4 Å². The number of benzene rings is 1. The van der Waals surface area contributed by atoms with E-state index >= 15 is 0 Å². The Morgan fingerprint density at radius 1 is 1.17 bits per heavy atom. The van der Waals surface area contributed by atoms with Crippen LogP contribution in [0.5, 0.6) is 0 Å². The molecule has 4 heteroatoms. The summed E-state index contributed by atoms with van der Waals surface area (Å²) in [5.74, 6) is 0.913. The molecule has 3 rings (SSSR count). The van der Waals surface area contributed by atoms with Crippen LogP contribution >= 0.6 is 0 Å². The normalized spacial score (nSPS) is 26.5. The van der Waals surface area contributed by atoms with Gasteiger partial charge in [-0.15, -0.1) is 0 Å². The van der Waals surface area contributed by atoms with Gasteiger partial charge in [0, 0.05) is 58.8 Å². The number of hydrogen-bond donors (Lipinski definition) is 0. The van der Waals surface area contributed by atoms with Gasteiger partial charge in [-0.05, 0) is 24.8 Å². The van der Waals surface area contributed by atoms with E-state index < -0.39 is 0 Å². The summed E-state index contributed by atoms with van der Waals surface area (Å²) in [5.41, 5.74) is 2.76. The topological polar surface area (TPSA) is 26.8 Å². The fraction of sp³-hybridized carbons (Fsp3) is 0.650. The van der Waals surface area contributed by atoms with Gasteiger partial charge >= 0.3 is 0 Å². The van der Waals surface area contributed by atoms with E-state index in [0.29, 0.717) is 12.0 Å². The molecule has 132 valence electrons.